The molecule has 0 heterocycles. The predicted molar refractivity (Wildman–Crippen MR) is 89.7 cm³/mol. The summed E-state index contributed by atoms with van der Waals surface area (Å²) in [6.45, 7) is 13.9. The van der Waals surface area contributed by atoms with Gasteiger partial charge in [0.2, 0.25) is 0 Å². The molecular formula is C18H37NO2. The molecule has 0 aromatic heterocycles. The maximum absolute atomic E-state index is 5.63. The van der Waals surface area contributed by atoms with Crippen LogP contribution in [0.4, 0.5) is 0 Å². The van der Waals surface area contributed by atoms with E-state index in [0.29, 0.717) is 10.8 Å². The van der Waals surface area contributed by atoms with Crippen molar-refractivity contribution in [3.05, 3.63) is 0 Å². The van der Waals surface area contributed by atoms with Crippen LogP contribution in [0, 0.1) is 16.7 Å². The lowest BCUT2D eigenvalue weighted by atomic mass is 9.63. The minimum absolute atomic E-state index is 0.435. The van der Waals surface area contributed by atoms with Crippen LogP contribution in [-0.2, 0) is 9.47 Å². The number of rotatable bonds is 9. The van der Waals surface area contributed by atoms with Gasteiger partial charge in [-0.1, -0.05) is 20.8 Å². The number of methoxy groups -OCH3 is 1. The Bertz CT molecular complexity index is 265. The van der Waals surface area contributed by atoms with Crippen LogP contribution < -0.4 is 5.32 Å². The Hall–Kier alpha value is -0.120. The van der Waals surface area contributed by atoms with Gasteiger partial charge in [0.15, 0.2) is 0 Å². The summed E-state index contributed by atoms with van der Waals surface area (Å²) in [6.07, 6.45) is 6.59. The van der Waals surface area contributed by atoms with Crippen molar-refractivity contribution in [1.29, 1.82) is 0 Å². The fourth-order valence-corrected chi connectivity index (χ4v) is 3.57. The van der Waals surface area contributed by atoms with E-state index >= 15 is 0 Å². The number of hydrogen-bond acceptors (Lipinski definition) is 3. The standard InChI is InChI=1S/C18H37NO2/c1-6-21-13-11-18(15-19-12-14-20-5)9-7-16(8-10-18)17(2,3)4/h16,19H,6-15H2,1-5H3. The number of hydrogen-bond donors (Lipinski definition) is 1. The largest absolute Gasteiger partial charge is 0.383 e. The maximum Gasteiger partial charge on any atom is 0.0587 e. The fraction of sp³-hybridized carbons (Fsp3) is 1.00. The van der Waals surface area contributed by atoms with Crippen LogP contribution in [0.1, 0.15) is 59.8 Å². The molecule has 0 aromatic carbocycles. The van der Waals surface area contributed by atoms with E-state index in [2.05, 4.69) is 33.0 Å². The van der Waals surface area contributed by atoms with Gasteiger partial charge in [0.25, 0.3) is 0 Å². The molecule has 126 valence electrons. The summed E-state index contributed by atoms with van der Waals surface area (Å²) in [5.41, 5.74) is 0.889. The first-order valence-electron chi connectivity index (χ1n) is 8.71. The van der Waals surface area contributed by atoms with Crippen LogP contribution in [0.3, 0.4) is 0 Å². The summed E-state index contributed by atoms with van der Waals surface area (Å²) in [5.74, 6) is 0.872. The van der Waals surface area contributed by atoms with Gasteiger partial charge >= 0.3 is 0 Å². The summed E-state index contributed by atoms with van der Waals surface area (Å²) in [5, 5.41) is 3.60. The normalized spacial score (nSPS) is 27.0. The summed E-state index contributed by atoms with van der Waals surface area (Å²) in [6, 6.07) is 0. The lowest BCUT2D eigenvalue weighted by Gasteiger charge is -2.44. The molecule has 0 radical (unpaired) electrons. The zero-order chi connectivity index (χ0) is 15.8. The topological polar surface area (TPSA) is 30.5 Å². The van der Waals surface area contributed by atoms with Crippen molar-refractivity contribution in [2.24, 2.45) is 16.7 Å². The van der Waals surface area contributed by atoms with Gasteiger partial charge in [-0.05, 0) is 55.8 Å². The Morgan fingerprint density at radius 1 is 1.14 bits per heavy atom. The van der Waals surface area contributed by atoms with Gasteiger partial charge in [-0.15, -0.1) is 0 Å². The fourth-order valence-electron chi connectivity index (χ4n) is 3.57. The monoisotopic (exact) mass is 299 g/mol. The Kier molecular flexibility index (Phi) is 8.22. The molecule has 1 saturated carbocycles. The highest BCUT2D eigenvalue weighted by Crippen LogP contribution is 2.46. The first-order chi connectivity index (χ1) is 9.93. The Balaban J connectivity index is 2.50. The average Bonchev–Trinajstić information content (AvgIpc) is 2.44. The van der Waals surface area contributed by atoms with Crippen LogP contribution in [-0.4, -0.2) is 40.0 Å². The molecular weight excluding hydrogens is 262 g/mol. The van der Waals surface area contributed by atoms with Crippen molar-refractivity contribution in [2.75, 3.05) is 40.0 Å². The van der Waals surface area contributed by atoms with Crippen molar-refractivity contribution < 1.29 is 9.47 Å². The average molecular weight is 299 g/mol. The van der Waals surface area contributed by atoms with Crippen LogP contribution >= 0.6 is 0 Å². The first kappa shape index (κ1) is 18.9. The van der Waals surface area contributed by atoms with Gasteiger partial charge in [-0.25, -0.2) is 0 Å². The lowest BCUT2D eigenvalue weighted by Crippen LogP contribution is -2.41. The second-order valence-electron chi connectivity index (χ2n) is 7.76. The van der Waals surface area contributed by atoms with E-state index in [0.717, 1.165) is 38.8 Å². The predicted octanol–water partition coefficient (Wildman–Crippen LogP) is 3.87. The van der Waals surface area contributed by atoms with E-state index in [1.54, 1.807) is 7.11 Å². The van der Waals surface area contributed by atoms with E-state index in [9.17, 15) is 0 Å². The zero-order valence-corrected chi connectivity index (χ0v) is 15.0. The summed E-state index contributed by atoms with van der Waals surface area (Å²) >= 11 is 0. The van der Waals surface area contributed by atoms with Crippen LogP contribution in [0.5, 0.6) is 0 Å². The highest BCUT2D eigenvalue weighted by Gasteiger charge is 2.38. The zero-order valence-electron chi connectivity index (χ0n) is 15.0. The van der Waals surface area contributed by atoms with Crippen molar-refractivity contribution in [3.63, 3.8) is 0 Å². The SMILES string of the molecule is CCOCCC1(CNCCOC)CCC(C(C)(C)C)CC1. The van der Waals surface area contributed by atoms with Gasteiger partial charge in [0.1, 0.15) is 0 Å². The first-order valence-corrected chi connectivity index (χ1v) is 8.71. The van der Waals surface area contributed by atoms with E-state index in [1.165, 1.54) is 32.1 Å². The lowest BCUT2D eigenvalue weighted by molar-refractivity contribution is 0.0444. The molecule has 0 spiro atoms. The highest BCUT2D eigenvalue weighted by molar-refractivity contribution is 4.90. The molecule has 21 heavy (non-hydrogen) atoms. The van der Waals surface area contributed by atoms with E-state index in [-0.39, 0.29) is 0 Å². The molecule has 1 aliphatic rings. The molecule has 3 heteroatoms. The highest BCUT2D eigenvalue weighted by atomic mass is 16.5. The Morgan fingerprint density at radius 2 is 1.81 bits per heavy atom. The van der Waals surface area contributed by atoms with Crippen LogP contribution in [0.25, 0.3) is 0 Å². The van der Waals surface area contributed by atoms with Crippen LogP contribution in [0.2, 0.25) is 0 Å². The Labute approximate surface area is 132 Å². The molecule has 0 saturated heterocycles. The van der Waals surface area contributed by atoms with Gasteiger partial charge in [0.05, 0.1) is 6.61 Å². The van der Waals surface area contributed by atoms with Crippen molar-refractivity contribution in [1.82, 2.24) is 5.32 Å². The van der Waals surface area contributed by atoms with E-state index < -0.39 is 0 Å². The summed E-state index contributed by atoms with van der Waals surface area (Å²) < 4.78 is 10.8. The minimum Gasteiger partial charge on any atom is -0.383 e. The molecule has 0 atom stereocenters. The molecule has 1 N–H and O–H groups in total. The van der Waals surface area contributed by atoms with E-state index in [1.807, 2.05) is 0 Å². The maximum atomic E-state index is 5.63. The number of nitrogens with one attached hydrogen (secondary N) is 1. The smallest absolute Gasteiger partial charge is 0.0587 e. The van der Waals surface area contributed by atoms with E-state index in [4.69, 9.17) is 9.47 Å². The molecule has 0 aliphatic heterocycles. The molecule has 1 fully saturated rings. The molecule has 0 unspecified atom stereocenters. The third-order valence-electron chi connectivity index (χ3n) is 5.23. The third-order valence-corrected chi connectivity index (χ3v) is 5.23. The van der Waals surface area contributed by atoms with Crippen LogP contribution in [0.15, 0.2) is 0 Å². The quantitative estimate of drug-likeness (QED) is 0.656. The minimum atomic E-state index is 0.435. The number of ether oxygens (including phenoxy) is 2. The van der Waals surface area contributed by atoms with Gasteiger partial charge < -0.3 is 14.8 Å². The van der Waals surface area contributed by atoms with Gasteiger partial charge in [0, 0.05) is 33.4 Å². The van der Waals surface area contributed by atoms with Gasteiger partial charge in [-0.3, -0.25) is 0 Å². The molecule has 0 aromatic rings. The molecule has 0 amide bonds. The van der Waals surface area contributed by atoms with Gasteiger partial charge in [-0.2, -0.15) is 0 Å². The molecule has 0 bridgehead atoms. The Morgan fingerprint density at radius 3 is 2.33 bits per heavy atom. The third kappa shape index (κ3) is 6.66. The molecule has 3 nitrogen and oxygen atoms in total. The molecule has 1 rings (SSSR count). The second-order valence-corrected chi connectivity index (χ2v) is 7.76. The second kappa shape index (κ2) is 9.12. The molecule has 1 aliphatic carbocycles. The van der Waals surface area contributed by atoms with Crippen molar-refractivity contribution >= 4 is 0 Å². The summed E-state index contributed by atoms with van der Waals surface area (Å²) in [7, 11) is 1.76. The van der Waals surface area contributed by atoms with Crippen molar-refractivity contribution in [3.8, 4) is 0 Å². The summed E-state index contributed by atoms with van der Waals surface area (Å²) in [4.78, 5) is 0. The van der Waals surface area contributed by atoms with Crippen molar-refractivity contribution in [2.45, 2.75) is 59.8 Å².